The van der Waals surface area contributed by atoms with Gasteiger partial charge in [-0.3, -0.25) is 9.48 Å². The Morgan fingerprint density at radius 3 is 2.78 bits per heavy atom. The third-order valence-electron chi connectivity index (χ3n) is 2.14. The van der Waals surface area contributed by atoms with E-state index >= 15 is 0 Å². The van der Waals surface area contributed by atoms with Gasteiger partial charge < -0.3 is 10.1 Å². The number of ether oxygens (including phenoxy) is 1. The van der Waals surface area contributed by atoms with Crippen molar-refractivity contribution in [2.45, 2.75) is 45.8 Å². The van der Waals surface area contributed by atoms with Crippen LogP contribution < -0.4 is 5.32 Å². The van der Waals surface area contributed by atoms with Gasteiger partial charge in [0.2, 0.25) is 0 Å². The molecule has 0 atom stereocenters. The van der Waals surface area contributed by atoms with Gasteiger partial charge in [0, 0.05) is 19.3 Å². The molecule has 1 heterocycles. The lowest BCUT2D eigenvalue weighted by Crippen LogP contribution is -2.27. The molecule has 6 nitrogen and oxygen atoms in total. The molecule has 0 saturated heterocycles. The zero-order valence-corrected chi connectivity index (χ0v) is 11.3. The zero-order chi connectivity index (χ0) is 13.4. The number of nitrogens with zero attached hydrogens (tertiary/aromatic N) is 3. The zero-order valence-electron chi connectivity index (χ0n) is 11.3. The van der Waals surface area contributed by atoms with Crippen molar-refractivity contribution in [3.8, 4) is 0 Å². The Balaban J connectivity index is 1.97. The SMILES string of the molecule is CC(C)(C)OC(=O)CCNCCCn1ccnn1. The Morgan fingerprint density at radius 1 is 1.39 bits per heavy atom. The average molecular weight is 254 g/mol. The van der Waals surface area contributed by atoms with Gasteiger partial charge in [0.25, 0.3) is 0 Å². The highest BCUT2D eigenvalue weighted by Crippen LogP contribution is 2.07. The van der Waals surface area contributed by atoms with Crippen LogP contribution >= 0.6 is 0 Å². The summed E-state index contributed by atoms with van der Waals surface area (Å²) < 4.78 is 6.99. The lowest BCUT2D eigenvalue weighted by molar-refractivity contribution is -0.154. The lowest BCUT2D eigenvalue weighted by atomic mass is 10.2. The minimum Gasteiger partial charge on any atom is -0.460 e. The molecule has 6 heteroatoms. The molecule has 0 aliphatic rings. The summed E-state index contributed by atoms with van der Waals surface area (Å²) in [5, 5.41) is 10.8. The van der Waals surface area contributed by atoms with Gasteiger partial charge in [-0.2, -0.15) is 0 Å². The van der Waals surface area contributed by atoms with Gasteiger partial charge in [-0.25, -0.2) is 0 Å². The quantitative estimate of drug-likeness (QED) is 0.580. The van der Waals surface area contributed by atoms with Gasteiger partial charge in [-0.15, -0.1) is 5.10 Å². The molecule has 0 bridgehead atoms. The summed E-state index contributed by atoms with van der Waals surface area (Å²) >= 11 is 0. The number of esters is 1. The Labute approximate surface area is 108 Å². The summed E-state index contributed by atoms with van der Waals surface area (Å²) in [4.78, 5) is 11.4. The van der Waals surface area contributed by atoms with Crippen LogP contribution in [0, 0.1) is 0 Å². The molecule has 0 aliphatic heterocycles. The van der Waals surface area contributed by atoms with E-state index in [1.165, 1.54) is 0 Å². The molecule has 0 unspecified atom stereocenters. The van der Waals surface area contributed by atoms with Crippen LogP contribution in [-0.4, -0.2) is 39.7 Å². The number of hydrogen-bond donors (Lipinski definition) is 1. The Morgan fingerprint density at radius 2 is 2.17 bits per heavy atom. The summed E-state index contributed by atoms with van der Waals surface area (Å²) in [6.45, 7) is 7.94. The predicted molar refractivity (Wildman–Crippen MR) is 68.0 cm³/mol. The monoisotopic (exact) mass is 254 g/mol. The second kappa shape index (κ2) is 7.10. The smallest absolute Gasteiger partial charge is 0.307 e. The summed E-state index contributed by atoms with van der Waals surface area (Å²) in [6.07, 6.45) is 4.86. The van der Waals surface area contributed by atoms with Crippen molar-refractivity contribution in [3.63, 3.8) is 0 Å². The highest BCUT2D eigenvalue weighted by molar-refractivity contribution is 5.70. The van der Waals surface area contributed by atoms with Crippen LogP contribution in [-0.2, 0) is 16.1 Å². The van der Waals surface area contributed by atoms with Crippen LogP contribution in [0.3, 0.4) is 0 Å². The third-order valence-corrected chi connectivity index (χ3v) is 2.14. The largest absolute Gasteiger partial charge is 0.460 e. The highest BCUT2D eigenvalue weighted by atomic mass is 16.6. The van der Waals surface area contributed by atoms with Gasteiger partial charge >= 0.3 is 5.97 Å². The fourth-order valence-corrected chi connectivity index (χ4v) is 1.43. The van der Waals surface area contributed by atoms with Gasteiger partial charge in [0.15, 0.2) is 0 Å². The third kappa shape index (κ3) is 7.01. The van der Waals surface area contributed by atoms with Crippen LogP contribution in [0.25, 0.3) is 0 Å². The van der Waals surface area contributed by atoms with Gasteiger partial charge in [-0.05, 0) is 33.7 Å². The topological polar surface area (TPSA) is 69.0 Å². The molecule has 102 valence electrons. The maximum Gasteiger partial charge on any atom is 0.307 e. The van der Waals surface area contributed by atoms with Crippen molar-refractivity contribution in [2.75, 3.05) is 13.1 Å². The Hall–Kier alpha value is -1.43. The number of aromatic nitrogens is 3. The van der Waals surface area contributed by atoms with Crippen molar-refractivity contribution in [2.24, 2.45) is 0 Å². The second-order valence-corrected chi connectivity index (χ2v) is 5.11. The number of aryl methyl sites for hydroxylation is 1. The molecule has 1 rings (SSSR count). The van der Waals surface area contributed by atoms with E-state index in [-0.39, 0.29) is 5.97 Å². The van der Waals surface area contributed by atoms with E-state index in [4.69, 9.17) is 4.74 Å². The summed E-state index contributed by atoms with van der Waals surface area (Å²) in [5.41, 5.74) is -0.399. The summed E-state index contributed by atoms with van der Waals surface area (Å²) in [5.74, 6) is -0.161. The number of carbonyl (C=O) groups is 1. The fourth-order valence-electron chi connectivity index (χ4n) is 1.43. The molecule has 1 N–H and O–H groups in total. The Bertz CT molecular complexity index is 343. The van der Waals surface area contributed by atoms with Crippen molar-refractivity contribution in [1.29, 1.82) is 0 Å². The molecule has 0 aliphatic carbocycles. The number of carbonyl (C=O) groups excluding carboxylic acids is 1. The number of hydrogen-bond acceptors (Lipinski definition) is 5. The predicted octanol–water partition coefficient (Wildman–Crippen LogP) is 0.990. The highest BCUT2D eigenvalue weighted by Gasteiger charge is 2.15. The lowest BCUT2D eigenvalue weighted by Gasteiger charge is -2.19. The summed E-state index contributed by atoms with van der Waals surface area (Å²) in [7, 11) is 0. The average Bonchev–Trinajstić information content (AvgIpc) is 2.73. The molecule has 1 aromatic rings. The van der Waals surface area contributed by atoms with Crippen LogP contribution in [0.15, 0.2) is 12.4 Å². The van der Waals surface area contributed by atoms with Crippen molar-refractivity contribution in [3.05, 3.63) is 12.4 Å². The first-order chi connectivity index (χ1) is 8.47. The first-order valence-corrected chi connectivity index (χ1v) is 6.24. The van der Waals surface area contributed by atoms with Crippen LogP contribution in [0.2, 0.25) is 0 Å². The number of rotatable bonds is 7. The maximum atomic E-state index is 11.4. The van der Waals surface area contributed by atoms with Crippen LogP contribution in [0.5, 0.6) is 0 Å². The van der Waals surface area contributed by atoms with E-state index < -0.39 is 5.60 Å². The molecule has 0 spiro atoms. The molecular weight excluding hydrogens is 232 g/mol. The van der Waals surface area contributed by atoms with Crippen molar-refractivity contribution in [1.82, 2.24) is 20.3 Å². The van der Waals surface area contributed by atoms with Gasteiger partial charge in [-0.1, -0.05) is 5.21 Å². The van der Waals surface area contributed by atoms with Crippen LogP contribution in [0.4, 0.5) is 0 Å². The first-order valence-electron chi connectivity index (χ1n) is 6.24. The maximum absolute atomic E-state index is 11.4. The molecule has 0 radical (unpaired) electrons. The van der Waals surface area contributed by atoms with E-state index in [2.05, 4.69) is 15.6 Å². The van der Waals surface area contributed by atoms with Crippen LogP contribution in [0.1, 0.15) is 33.6 Å². The van der Waals surface area contributed by atoms with E-state index in [1.54, 1.807) is 10.9 Å². The summed E-state index contributed by atoms with van der Waals surface area (Å²) in [6, 6.07) is 0. The molecule has 0 aromatic carbocycles. The van der Waals surface area contributed by atoms with Crippen molar-refractivity contribution >= 4 is 5.97 Å². The molecular formula is C12H22N4O2. The minimum atomic E-state index is -0.399. The van der Waals surface area contributed by atoms with E-state index in [1.807, 2.05) is 27.0 Å². The van der Waals surface area contributed by atoms with E-state index in [9.17, 15) is 4.79 Å². The second-order valence-electron chi connectivity index (χ2n) is 5.11. The molecule has 0 fully saturated rings. The van der Waals surface area contributed by atoms with E-state index in [0.717, 1.165) is 19.5 Å². The molecule has 0 amide bonds. The Kier molecular flexibility index (Phi) is 5.77. The standard InChI is InChI=1S/C12H22N4O2/c1-12(2,3)18-11(17)5-7-13-6-4-9-16-10-8-14-15-16/h8,10,13H,4-7,9H2,1-3H3. The molecule has 18 heavy (non-hydrogen) atoms. The fraction of sp³-hybridized carbons (Fsp3) is 0.750. The first kappa shape index (κ1) is 14.6. The van der Waals surface area contributed by atoms with Gasteiger partial charge in [0.1, 0.15) is 5.60 Å². The van der Waals surface area contributed by atoms with Gasteiger partial charge in [0.05, 0.1) is 12.6 Å². The van der Waals surface area contributed by atoms with E-state index in [0.29, 0.717) is 13.0 Å². The molecule has 1 aromatic heterocycles. The minimum absolute atomic E-state index is 0.161. The number of nitrogens with one attached hydrogen (secondary N) is 1. The normalized spacial score (nSPS) is 11.5. The molecule has 0 saturated carbocycles. The van der Waals surface area contributed by atoms with Crippen molar-refractivity contribution < 1.29 is 9.53 Å².